The van der Waals surface area contributed by atoms with Crippen molar-refractivity contribution in [1.82, 2.24) is 20.2 Å². The molecular weight excluding hydrogens is 546 g/mol. The van der Waals surface area contributed by atoms with Crippen molar-refractivity contribution in [2.24, 2.45) is 0 Å². The highest BCUT2D eigenvalue weighted by Crippen LogP contribution is 2.33. The van der Waals surface area contributed by atoms with Crippen LogP contribution in [0.2, 0.25) is 0 Å². The minimum absolute atomic E-state index is 0.123. The average Bonchev–Trinajstić information content (AvgIpc) is 2.87. The Hall–Kier alpha value is -3.72. The summed E-state index contributed by atoms with van der Waals surface area (Å²) >= 11 is 0. The normalized spacial score (nSPS) is 25.7. The highest BCUT2D eigenvalue weighted by atomic mass is 16.7. The van der Waals surface area contributed by atoms with Gasteiger partial charge in [0.2, 0.25) is 11.8 Å². The summed E-state index contributed by atoms with van der Waals surface area (Å²) in [6, 6.07) is -2.28. The number of anilines is 1. The monoisotopic (exact) mass is 577 g/mol. The molecule has 0 spiro atoms. The van der Waals surface area contributed by atoms with Crippen molar-refractivity contribution >= 4 is 29.6 Å². The van der Waals surface area contributed by atoms with Crippen molar-refractivity contribution in [1.29, 1.82) is 0 Å². The first-order chi connectivity index (χ1) is 18.6. The summed E-state index contributed by atoms with van der Waals surface area (Å²) in [5, 5.41) is 73.7. The number of hydrogen-bond acceptors (Lipinski definition) is 14. The second-order valence-corrected chi connectivity index (χ2v) is 8.91. The summed E-state index contributed by atoms with van der Waals surface area (Å²) in [6.45, 7) is -1.80. The van der Waals surface area contributed by atoms with Crippen molar-refractivity contribution in [3.63, 3.8) is 0 Å². The van der Waals surface area contributed by atoms with Crippen molar-refractivity contribution in [3.8, 4) is 0 Å². The number of ether oxygens (including phenoxy) is 2. The van der Waals surface area contributed by atoms with E-state index in [2.05, 4.69) is 10.3 Å². The molecule has 11 N–H and O–H groups in total. The number of amides is 2. The molecule has 0 unspecified atom stereocenters. The number of nitrogens with zero attached hydrogens (tertiary/aromatic N) is 2. The Morgan fingerprint density at radius 2 is 1.90 bits per heavy atom. The van der Waals surface area contributed by atoms with Crippen LogP contribution >= 0.6 is 0 Å². The minimum atomic E-state index is -2.85. The van der Waals surface area contributed by atoms with Gasteiger partial charge in [0.25, 0.3) is 5.79 Å². The first-order valence-corrected chi connectivity index (χ1v) is 11.6. The van der Waals surface area contributed by atoms with Gasteiger partial charge in [0.05, 0.1) is 25.3 Å². The number of carbonyl (C=O) groups excluding carboxylic acids is 2. The predicted octanol–water partition coefficient (Wildman–Crippen LogP) is -6.08. The number of carboxylic acids is 2. The first kappa shape index (κ1) is 32.5. The van der Waals surface area contributed by atoms with E-state index in [1.165, 1.54) is 6.07 Å². The number of nitrogen functional groups attached to an aromatic ring is 1. The summed E-state index contributed by atoms with van der Waals surface area (Å²) in [7, 11) is 0. The first-order valence-electron chi connectivity index (χ1n) is 11.6. The number of aliphatic hydroxyl groups excluding tert-OH is 5. The van der Waals surface area contributed by atoms with Crippen molar-refractivity contribution in [2.75, 3.05) is 18.9 Å². The number of aliphatic hydroxyl groups is 5. The smallest absolute Gasteiger partial charge is 0.364 e. The minimum Gasteiger partial charge on any atom is -0.480 e. The zero-order valence-corrected chi connectivity index (χ0v) is 21.0. The number of nitrogens with two attached hydrogens (primary N) is 1. The van der Waals surface area contributed by atoms with Crippen LogP contribution in [0.5, 0.6) is 0 Å². The molecule has 224 valence electrons. The van der Waals surface area contributed by atoms with E-state index in [-0.39, 0.29) is 5.82 Å². The maximum atomic E-state index is 12.5. The number of carboxylic acid groups (broad SMARTS) is 2. The fourth-order valence-electron chi connectivity index (χ4n) is 3.88. The van der Waals surface area contributed by atoms with Crippen LogP contribution in [-0.4, -0.2) is 131 Å². The largest absolute Gasteiger partial charge is 0.480 e. The fourth-order valence-corrected chi connectivity index (χ4v) is 3.88. The van der Waals surface area contributed by atoms with Crippen LogP contribution in [0.3, 0.4) is 0 Å². The lowest BCUT2D eigenvalue weighted by Gasteiger charge is -2.46. The Bertz CT molecular complexity index is 1150. The predicted molar refractivity (Wildman–Crippen MR) is 127 cm³/mol. The van der Waals surface area contributed by atoms with Gasteiger partial charge in [-0.15, -0.1) is 0 Å². The standard InChI is InChI=1S/C21H31N5O14/c1-8(28)23-14-9(29)4-21(19(36)37,40-17(14)16(33)11(31)6-27)39-7-13(32)25-15(18(34)35)10(30)5-26-3-2-12(22)24-20(26)38/h2-3,9-11,14-17,27,29-31,33H,4-7H2,1H3,(H,23,28)(H,25,32)(H,34,35)(H,36,37)(H2,22,24,38)/t9-,10-,11+,14+,15+,16+,17+,21-/m0/s1. The van der Waals surface area contributed by atoms with Crippen LogP contribution in [-0.2, 0) is 35.2 Å². The third-order valence-corrected chi connectivity index (χ3v) is 5.87. The molecule has 0 radical (unpaired) electrons. The van der Waals surface area contributed by atoms with Gasteiger partial charge in [-0.3, -0.25) is 14.2 Å². The molecule has 40 heavy (non-hydrogen) atoms. The number of nitrogens with one attached hydrogen (secondary N) is 2. The van der Waals surface area contributed by atoms with Gasteiger partial charge in [-0.05, 0) is 6.07 Å². The summed E-state index contributed by atoms with van der Waals surface area (Å²) in [4.78, 5) is 63.1. The lowest BCUT2D eigenvalue weighted by Crippen LogP contribution is -2.68. The van der Waals surface area contributed by atoms with E-state index < -0.39 is 104 Å². The number of aromatic nitrogens is 2. The Kier molecular flexibility index (Phi) is 11.0. The fraction of sp³-hybridized carbons (Fsp3) is 0.619. The van der Waals surface area contributed by atoms with Crippen LogP contribution in [0.25, 0.3) is 0 Å². The van der Waals surface area contributed by atoms with Crippen LogP contribution in [0.15, 0.2) is 17.1 Å². The third-order valence-electron chi connectivity index (χ3n) is 5.87. The van der Waals surface area contributed by atoms with E-state index >= 15 is 0 Å². The van der Waals surface area contributed by atoms with E-state index in [0.717, 1.165) is 17.7 Å². The Labute approximate surface area is 224 Å². The summed E-state index contributed by atoms with van der Waals surface area (Å²) in [5.74, 6) is -8.60. The number of hydrogen-bond donors (Lipinski definition) is 10. The molecule has 8 atom stereocenters. The molecular formula is C21H31N5O14. The molecule has 0 saturated carbocycles. The molecule has 19 heteroatoms. The van der Waals surface area contributed by atoms with Gasteiger partial charge in [0.15, 0.2) is 6.04 Å². The van der Waals surface area contributed by atoms with Crippen molar-refractivity contribution < 1.29 is 64.4 Å². The number of aliphatic carboxylic acids is 2. The molecule has 1 aliphatic rings. The van der Waals surface area contributed by atoms with Crippen LogP contribution < -0.4 is 22.1 Å². The van der Waals surface area contributed by atoms with Gasteiger partial charge in [0.1, 0.15) is 36.8 Å². The number of carbonyl (C=O) groups is 4. The van der Waals surface area contributed by atoms with Crippen LogP contribution in [0, 0.1) is 0 Å². The topological polar surface area (TPSA) is 313 Å². The van der Waals surface area contributed by atoms with Gasteiger partial charge < -0.3 is 61.6 Å². The number of rotatable bonds is 13. The molecule has 0 bridgehead atoms. The Balaban J connectivity index is 2.20. The van der Waals surface area contributed by atoms with E-state index in [4.69, 9.17) is 20.3 Å². The van der Waals surface area contributed by atoms with Gasteiger partial charge in [-0.1, -0.05) is 0 Å². The molecule has 0 aliphatic carbocycles. The van der Waals surface area contributed by atoms with E-state index in [1.807, 2.05) is 5.32 Å². The van der Waals surface area contributed by atoms with Gasteiger partial charge >= 0.3 is 17.6 Å². The zero-order chi connectivity index (χ0) is 30.4. The Morgan fingerprint density at radius 3 is 2.42 bits per heavy atom. The maximum absolute atomic E-state index is 12.5. The van der Waals surface area contributed by atoms with Crippen molar-refractivity contribution in [3.05, 3.63) is 22.7 Å². The average molecular weight is 578 g/mol. The maximum Gasteiger partial charge on any atom is 0.364 e. The molecule has 1 saturated heterocycles. The van der Waals surface area contributed by atoms with E-state index in [0.29, 0.717) is 0 Å². The molecule has 1 aromatic heterocycles. The molecule has 0 aromatic carbocycles. The molecule has 1 aliphatic heterocycles. The third kappa shape index (κ3) is 7.91. The second kappa shape index (κ2) is 13.6. The van der Waals surface area contributed by atoms with Gasteiger partial charge in [-0.2, -0.15) is 4.98 Å². The van der Waals surface area contributed by atoms with E-state index in [9.17, 15) is 54.6 Å². The quantitative estimate of drug-likeness (QED) is 0.104. The molecule has 2 amide bonds. The molecule has 2 heterocycles. The summed E-state index contributed by atoms with van der Waals surface area (Å²) < 4.78 is 11.3. The highest BCUT2D eigenvalue weighted by molar-refractivity contribution is 5.85. The SMILES string of the molecule is CC(=O)N[C@H]1[C@H]([C@H](O)[C@H](O)CO)O[C@](OCC(=O)N[C@@H](C(=O)O)[C@@H](O)Cn2ccc(N)nc2=O)(C(=O)O)C[C@@H]1O. The van der Waals surface area contributed by atoms with E-state index in [1.54, 1.807) is 0 Å². The molecule has 19 nitrogen and oxygen atoms in total. The second-order valence-electron chi connectivity index (χ2n) is 8.91. The molecule has 1 aromatic rings. The van der Waals surface area contributed by atoms with Crippen LogP contribution in [0.1, 0.15) is 13.3 Å². The summed E-state index contributed by atoms with van der Waals surface area (Å²) in [6.07, 6.45) is -9.25. The van der Waals surface area contributed by atoms with Gasteiger partial charge in [0, 0.05) is 19.5 Å². The van der Waals surface area contributed by atoms with Gasteiger partial charge in [-0.25, -0.2) is 14.4 Å². The zero-order valence-electron chi connectivity index (χ0n) is 21.0. The Morgan fingerprint density at radius 1 is 1.25 bits per heavy atom. The highest BCUT2D eigenvalue weighted by Gasteiger charge is 2.56. The lowest BCUT2D eigenvalue weighted by molar-refractivity contribution is -0.309. The summed E-state index contributed by atoms with van der Waals surface area (Å²) in [5.41, 5.74) is 4.46. The van der Waals surface area contributed by atoms with Crippen molar-refractivity contribution in [2.45, 2.75) is 68.3 Å². The lowest BCUT2D eigenvalue weighted by atomic mass is 9.88. The molecule has 2 rings (SSSR count). The van der Waals surface area contributed by atoms with Crippen LogP contribution in [0.4, 0.5) is 5.82 Å². The molecule has 1 fully saturated rings.